The van der Waals surface area contributed by atoms with Gasteiger partial charge in [-0.1, -0.05) is 18.1 Å². The molecule has 0 amide bonds. The number of nitrogens with zero attached hydrogens (tertiary/aromatic N) is 1. The van der Waals surface area contributed by atoms with E-state index in [-0.39, 0.29) is 5.63 Å². The van der Waals surface area contributed by atoms with Crippen molar-refractivity contribution in [3.63, 3.8) is 0 Å². The molecule has 0 aliphatic carbocycles. The summed E-state index contributed by atoms with van der Waals surface area (Å²) in [6, 6.07) is 16.6. The van der Waals surface area contributed by atoms with E-state index < -0.39 is 0 Å². The van der Waals surface area contributed by atoms with E-state index in [9.17, 15) is 4.79 Å². The molecule has 0 fully saturated rings. The summed E-state index contributed by atoms with van der Waals surface area (Å²) in [6.45, 7) is 2.72. The first kappa shape index (κ1) is 19.5. The van der Waals surface area contributed by atoms with Gasteiger partial charge in [0, 0.05) is 30.6 Å². The third kappa shape index (κ3) is 5.38. The van der Waals surface area contributed by atoms with E-state index >= 15 is 0 Å². The van der Waals surface area contributed by atoms with Crippen LogP contribution in [-0.2, 0) is 6.54 Å². The molecule has 0 atom stereocenters. The van der Waals surface area contributed by atoms with Crippen molar-refractivity contribution in [2.75, 3.05) is 26.8 Å². The van der Waals surface area contributed by atoms with E-state index in [4.69, 9.17) is 20.3 Å². The highest BCUT2D eigenvalue weighted by molar-refractivity contribution is 5.77. The minimum atomic E-state index is -0.367. The molecule has 0 aliphatic rings. The van der Waals surface area contributed by atoms with Gasteiger partial charge in [-0.25, -0.2) is 4.79 Å². The van der Waals surface area contributed by atoms with Gasteiger partial charge in [-0.3, -0.25) is 4.90 Å². The second-order valence-corrected chi connectivity index (χ2v) is 6.42. The quantitative estimate of drug-likeness (QED) is 0.323. The summed E-state index contributed by atoms with van der Waals surface area (Å²) in [6.07, 6.45) is 6.34. The maximum Gasteiger partial charge on any atom is 0.336 e. The lowest BCUT2D eigenvalue weighted by Gasteiger charge is -2.20. The minimum Gasteiger partial charge on any atom is -0.497 e. The van der Waals surface area contributed by atoms with E-state index in [2.05, 4.69) is 10.8 Å². The van der Waals surface area contributed by atoms with Gasteiger partial charge in [0.05, 0.1) is 20.3 Å². The summed E-state index contributed by atoms with van der Waals surface area (Å²) in [5.74, 6) is 4.23. The Hall–Kier alpha value is -3.23. The zero-order chi connectivity index (χ0) is 19.8. The van der Waals surface area contributed by atoms with Crippen LogP contribution in [0.15, 0.2) is 63.8 Å². The van der Waals surface area contributed by atoms with Gasteiger partial charge in [0.15, 0.2) is 0 Å². The van der Waals surface area contributed by atoms with Crippen molar-refractivity contribution < 1.29 is 13.9 Å². The highest BCUT2D eigenvalue weighted by Crippen LogP contribution is 2.19. The molecule has 2 aromatic carbocycles. The fraction of sp³-hybridized carbons (Fsp3) is 0.261. The van der Waals surface area contributed by atoms with Crippen molar-refractivity contribution in [3.8, 4) is 23.8 Å². The molecule has 3 rings (SSSR count). The Morgan fingerprint density at radius 1 is 1.07 bits per heavy atom. The normalized spacial score (nSPS) is 10.8. The molecule has 3 aromatic rings. The van der Waals surface area contributed by atoms with Gasteiger partial charge in [-0.15, -0.1) is 6.42 Å². The lowest BCUT2D eigenvalue weighted by atomic mass is 10.2. The van der Waals surface area contributed by atoms with E-state index in [0.29, 0.717) is 24.5 Å². The molecular formula is C23H23NO4. The van der Waals surface area contributed by atoms with Crippen molar-refractivity contribution in [1.82, 2.24) is 4.90 Å². The molecule has 5 heteroatoms. The first-order chi connectivity index (χ1) is 13.7. The Labute approximate surface area is 164 Å². The number of rotatable bonds is 9. The number of benzene rings is 2. The maximum atomic E-state index is 11.3. The van der Waals surface area contributed by atoms with Gasteiger partial charge in [0.1, 0.15) is 17.1 Å². The first-order valence-electron chi connectivity index (χ1n) is 9.13. The average molecular weight is 377 g/mol. The predicted molar refractivity (Wildman–Crippen MR) is 110 cm³/mol. The van der Waals surface area contributed by atoms with Gasteiger partial charge >= 0.3 is 5.63 Å². The molecule has 5 nitrogen and oxygen atoms in total. The summed E-state index contributed by atoms with van der Waals surface area (Å²) >= 11 is 0. The van der Waals surface area contributed by atoms with Crippen molar-refractivity contribution in [2.24, 2.45) is 0 Å². The van der Waals surface area contributed by atoms with Crippen LogP contribution in [0.2, 0.25) is 0 Å². The molecular weight excluding hydrogens is 354 g/mol. The molecule has 0 N–H and O–H groups in total. The van der Waals surface area contributed by atoms with E-state index in [0.717, 1.165) is 30.6 Å². The largest absolute Gasteiger partial charge is 0.497 e. The number of hydrogen-bond donors (Lipinski definition) is 0. The number of hydrogen-bond acceptors (Lipinski definition) is 5. The van der Waals surface area contributed by atoms with Gasteiger partial charge in [-0.2, -0.15) is 0 Å². The second-order valence-electron chi connectivity index (χ2n) is 6.42. The van der Waals surface area contributed by atoms with Crippen LogP contribution >= 0.6 is 0 Å². The van der Waals surface area contributed by atoms with E-state index in [1.807, 2.05) is 36.4 Å². The Kier molecular flexibility index (Phi) is 6.72. The standard InChI is InChI=1S/C23H23NO4/c1-3-13-24(17-18-5-9-20(26-2)10-6-18)14-4-15-27-21-11-7-19-8-12-23(25)28-22(19)16-21/h1,5-12,16H,4,13-15,17H2,2H3. The molecule has 1 heterocycles. The molecule has 0 spiro atoms. The third-order valence-electron chi connectivity index (χ3n) is 4.36. The van der Waals surface area contributed by atoms with Crippen LogP contribution in [0, 0.1) is 12.3 Å². The van der Waals surface area contributed by atoms with E-state index in [1.54, 1.807) is 19.2 Å². The van der Waals surface area contributed by atoms with Gasteiger partial charge in [0.25, 0.3) is 0 Å². The first-order valence-corrected chi connectivity index (χ1v) is 9.13. The monoisotopic (exact) mass is 377 g/mol. The minimum absolute atomic E-state index is 0.367. The summed E-state index contributed by atoms with van der Waals surface area (Å²) in [4.78, 5) is 13.5. The van der Waals surface area contributed by atoms with Crippen molar-refractivity contribution in [3.05, 3.63) is 70.6 Å². The Morgan fingerprint density at radius 3 is 2.57 bits per heavy atom. The Morgan fingerprint density at radius 2 is 1.82 bits per heavy atom. The van der Waals surface area contributed by atoms with E-state index in [1.165, 1.54) is 11.6 Å². The summed E-state index contributed by atoms with van der Waals surface area (Å²) in [7, 11) is 1.66. The van der Waals surface area contributed by atoms with Crippen LogP contribution in [0.3, 0.4) is 0 Å². The van der Waals surface area contributed by atoms with Gasteiger partial charge < -0.3 is 13.9 Å². The molecule has 0 bridgehead atoms. The second kappa shape index (κ2) is 9.63. The SMILES string of the molecule is C#CCN(CCCOc1ccc2ccc(=O)oc2c1)Cc1ccc(OC)cc1. The van der Waals surface area contributed by atoms with Crippen molar-refractivity contribution >= 4 is 11.0 Å². The average Bonchev–Trinajstić information content (AvgIpc) is 2.71. The predicted octanol–water partition coefficient (Wildman–Crippen LogP) is 3.71. The lowest BCUT2D eigenvalue weighted by Crippen LogP contribution is -2.26. The van der Waals surface area contributed by atoms with Crippen LogP contribution in [0.1, 0.15) is 12.0 Å². The third-order valence-corrected chi connectivity index (χ3v) is 4.36. The molecule has 28 heavy (non-hydrogen) atoms. The van der Waals surface area contributed by atoms with Crippen LogP contribution in [0.4, 0.5) is 0 Å². The molecule has 0 unspecified atom stereocenters. The number of ether oxygens (including phenoxy) is 2. The highest BCUT2D eigenvalue weighted by atomic mass is 16.5. The van der Waals surface area contributed by atoms with Crippen molar-refractivity contribution in [2.45, 2.75) is 13.0 Å². The zero-order valence-corrected chi connectivity index (χ0v) is 15.9. The number of terminal acetylenes is 1. The summed E-state index contributed by atoms with van der Waals surface area (Å²) in [5.41, 5.74) is 1.34. The molecule has 0 radical (unpaired) electrons. The van der Waals surface area contributed by atoms with Gasteiger partial charge in [-0.05, 0) is 42.3 Å². The van der Waals surface area contributed by atoms with Crippen LogP contribution < -0.4 is 15.1 Å². The fourth-order valence-electron chi connectivity index (χ4n) is 2.94. The zero-order valence-electron chi connectivity index (χ0n) is 15.9. The molecule has 1 aromatic heterocycles. The Bertz CT molecular complexity index is 1000. The van der Waals surface area contributed by atoms with Gasteiger partial charge in [0.2, 0.25) is 0 Å². The van der Waals surface area contributed by atoms with Crippen LogP contribution in [0.5, 0.6) is 11.5 Å². The number of fused-ring (bicyclic) bond motifs is 1. The van der Waals surface area contributed by atoms with Crippen molar-refractivity contribution in [1.29, 1.82) is 0 Å². The maximum absolute atomic E-state index is 11.3. The van der Waals surface area contributed by atoms with Crippen LogP contribution in [0.25, 0.3) is 11.0 Å². The fourth-order valence-corrected chi connectivity index (χ4v) is 2.94. The molecule has 0 aliphatic heterocycles. The summed E-state index contributed by atoms with van der Waals surface area (Å²) < 4.78 is 16.2. The van der Waals surface area contributed by atoms with Crippen LogP contribution in [-0.4, -0.2) is 31.7 Å². The number of methoxy groups -OCH3 is 1. The highest BCUT2D eigenvalue weighted by Gasteiger charge is 2.06. The summed E-state index contributed by atoms with van der Waals surface area (Å²) in [5, 5.41) is 0.867. The topological polar surface area (TPSA) is 51.9 Å². The smallest absolute Gasteiger partial charge is 0.336 e. The molecule has 0 saturated heterocycles. The Balaban J connectivity index is 1.51. The lowest BCUT2D eigenvalue weighted by molar-refractivity contribution is 0.246. The molecule has 144 valence electrons. The molecule has 0 saturated carbocycles.